The molecule has 1 aromatic carbocycles. The molecule has 1 atom stereocenters. The number of nitrogens with one attached hydrogen (secondary N) is 1. The van der Waals surface area contributed by atoms with E-state index in [1.165, 1.54) is 12.1 Å². The number of aliphatic carboxylic acids is 1. The van der Waals surface area contributed by atoms with Crippen molar-refractivity contribution in [1.29, 1.82) is 0 Å². The van der Waals surface area contributed by atoms with E-state index in [4.69, 9.17) is 0 Å². The Balaban J connectivity index is 2.31. The van der Waals surface area contributed by atoms with Crippen molar-refractivity contribution >= 4 is 21.7 Å². The number of para-hydroxylation sites is 1. The number of carboxylic acid groups (broad SMARTS) is 1. The molecule has 0 saturated heterocycles. The van der Waals surface area contributed by atoms with Gasteiger partial charge in [0, 0.05) is 6.07 Å². The van der Waals surface area contributed by atoms with Crippen LogP contribution in [0.15, 0.2) is 29.2 Å². The summed E-state index contributed by atoms with van der Waals surface area (Å²) in [5.74, 6) is -1.57. The third-order valence-electron chi connectivity index (χ3n) is 4.02. The van der Waals surface area contributed by atoms with Gasteiger partial charge in [-0.05, 0) is 24.8 Å². The van der Waals surface area contributed by atoms with Crippen LogP contribution in [-0.2, 0) is 14.8 Å². The lowest BCUT2D eigenvalue weighted by Gasteiger charge is -2.27. The molecule has 1 fully saturated rings. The lowest BCUT2D eigenvalue weighted by Crippen LogP contribution is -2.46. The Labute approximate surface area is 133 Å². The molecular formula is C14H18N2O6S. The van der Waals surface area contributed by atoms with E-state index in [1.54, 1.807) is 0 Å². The Morgan fingerprint density at radius 3 is 2.43 bits per heavy atom. The van der Waals surface area contributed by atoms with Crippen molar-refractivity contribution in [3.63, 3.8) is 0 Å². The summed E-state index contributed by atoms with van der Waals surface area (Å²) >= 11 is 0. The minimum Gasteiger partial charge on any atom is -0.480 e. The van der Waals surface area contributed by atoms with E-state index in [2.05, 4.69) is 4.72 Å². The van der Waals surface area contributed by atoms with Crippen molar-refractivity contribution in [2.45, 2.75) is 43.0 Å². The molecule has 0 aromatic heterocycles. The Hall–Kier alpha value is -2.00. The molecule has 2 rings (SSSR count). The molecule has 1 saturated carbocycles. The van der Waals surface area contributed by atoms with E-state index in [0.717, 1.165) is 31.4 Å². The van der Waals surface area contributed by atoms with Gasteiger partial charge in [0.05, 0.1) is 4.92 Å². The molecule has 0 heterocycles. The zero-order chi connectivity index (χ0) is 17.0. The molecule has 2 N–H and O–H groups in total. The fraction of sp³-hybridized carbons (Fsp3) is 0.500. The summed E-state index contributed by atoms with van der Waals surface area (Å²) in [6.45, 7) is 0. The summed E-state index contributed by atoms with van der Waals surface area (Å²) in [5, 5.41) is 20.3. The number of hydrogen-bond donors (Lipinski definition) is 2. The molecule has 0 unspecified atom stereocenters. The van der Waals surface area contributed by atoms with Gasteiger partial charge in [-0.15, -0.1) is 0 Å². The zero-order valence-electron chi connectivity index (χ0n) is 12.3. The van der Waals surface area contributed by atoms with Crippen LogP contribution in [0.3, 0.4) is 0 Å². The first-order valence-corrected chi connectivity index (χ1v) is 8.80. The van der Waals surface area contributed by atoms with Crippen LogP contribution >= 0.6 is 0 Å². The predicted molar refractivity (Wildman–Crippen MR) is 81.4 cm³/mol. The summed E-state index contributed by atoms with van der Waals surface area (Å²) in [6.07, 6.45) is 3.94. The average molecular weight is 342 g/mol. The molecule has 0 amide bonds. The molecule has 0 spiro atoms. The number of rotatable bonds is 6. The maximum absolute atomic E-state index is 12.4. The third-order valence-corrected chi connectivity index (χ3v) is 5.51. The van der Waals surface area contributed by atoms with Crippen molar-refractivity contribution < 1.29 is 23.2 Å². The fourth-order valence-corrected chi connectivity index (χ4v) is 4.31. The SMILES string of the molecule is O=C(O)[C@@H](NS(=O)(=O)c1ccccc1[N+](=O)[O-])C1CCCCC1. The molecule has 9 heteroatoms. The predicted octanol–water partition coefficient (Wildman–Crippen LogP) is 1.91. The maximum atomic E-state index is 12.4. The lowest BCUT2D eigenvalue weighted by atomic mass is 9.84. The Kier molecular flexibility index (Phi) is 5.32. The molecule has 0 radical (unpaired) electrons. The largest absolute Gasteiger partial charge is 0.480 e. The number of nitro benzene ring substituents is 1. The molecule has 126 valence electrons. The van der Waals surface area contributed by atoms with Gasteiger partial charge in [-0.2, -0.15) is 4.72 Å². The van der Waals surface area contributed by atoms with Crippen LogP contribution in [0, 0.1) is 16.0 Å². The molecule has 0 aliphatic heterocycles. The van der Waals surface area contributed by atoms with Gasteiger partial charge in [-0.1, -0.05) is 31.4 Å². The van der Waals surface area contributed by atoms with Crippen molar-refractivity contribution in [1.82, 2.24) is 4.72 Å². The van der Waals surface area contributed by atoms with Gasteiger partial charge in [-0.3, -0.25) is 14.9 Å². The first-order chi connectivity index (χ1) is 10.8. The van der Waals surface area contributed by atoms with E-state index >= 15 is 0 Å². The summed E-state index contributed by atoms with van der Waals surface area (Å²) in [5.41, 5.74) is -0.576. The minimum atomic E-state index is -4.30. The van der Waals surface area contributed by atoms with E-state index in [-0.39, 0.29) is 5.92 Å². The monoisotopic (exact) mass is 342 g/mol. The van der Waals surface area contributed by atoms with E-state index in [1.807, 2.05) is 0 Å². The zero-order valence-corrected chi connectivity index (χ0v) is 13.2. The first kappa shape index (κ1) is 17.4. The highest BCUT2D eigenvalue weighted by Crippen LogP contribution is 2.29. The van der Waals surface area contributed by atoms with E-state index in [0.29, 0.717) is 12.8 Å². The number of carbonyl (C=O) groups is 1. The summed E-state index contributed by atoms with van der Waals surface area (Å²) in [7, 11) is -4.30. The topological polar surface area (TPSA) is 127 Å². The second-order valence-electron chi connectivity index (χ2n) is 5.56. The van der Waals surface area contributed by atoms with Crippen LogP contribution < -0.4 is 4.72 Å². The van der Waals surface area contributed by atoms with Gasteiger partial charge >= 0.3 is 5.97 Å². The Morgan fingerprint density at radius 1 is 1.26 bits per heavy atom. The van der Waals surface area contributed by atoms with Crippen molar-refractivity contribution in [3.05, 3.63) is 34.4 Å². The van der Waals surface area contributed by atoms with Crippen LogP contribution in [0.25, 0.3) is 0 Å². The number of benzene rings is 1. The maximum Gasteiger partial charge on any atom is 0.322 e. The highest BCUT2D eigenvalue weighted by Gasteiger charge is 2.35. The van der Waals surface area contributed by atoms with Crippen LogP contribution in [0.2, 0.25) is 0 Å². The molecule has 1 aliphatic rings. The Bertz CT molecular complexity index is 697. The quantitative estimate of drug-likeness (QED) is 0.600. The van der Waals surface area contributed by atoms with Crippen LogP contribution in [0.1, 0.15) is 32.1 Å². The van der Waals surface area contributed by atoms with Gasteiger partial charge in [0.1, 0.15) is 6.04 Å². The van der Waals surface area contributed by atoms with E-state index < -0.39 is 37.5 Å². The number of sulfonamides is 1. The second-order valence-corrected chi connectivity index (χ2v) is 7.24. The van der Waals surface area contributed by atoms with Crippen molar-refractivity contribution in [3.8, 4) is 0 Å². The van der Waals surface area contributed by atoms with E-state index in [9.17, 15) is 28.4 Å². The highest BCUT2D eigenvalue weighted by molar-refractivity contribution is 7.89. The highest BCUT2D eigenvalue weighted by atomic mass is 32.2. The van der Waals surface area contributed by atoms with Crippen LogP contribution in [-0.4, -0.2) is 30.5 Å². The molecular weight excluding hydrogens is 324 g/mol. The summed E-state index contributed by atoms with van der Waals surface area (Å²) in [6, 6.07) is 3.61. The van der Waals surface area contributed by atoms with Crippen LogP contribution in [0.5, 0.6) is 0 Å². The lowest BCUT2D eigenvalue weighted by molar-refractivity contribution is -0.387. The molecule has 1 aromatic rings. The van der Waals surface area contributed by atoms with Gasteiger partial charge in [0.2, 0.25) is 10.0 Å². The fourth-order valence-electron chi connectivity index (χ4n) is 2.88. The van der Waals surface area contributed by atoms with Gasteiger partial charge < -0.3 is 5.11 Å². The number of nitrogens with zero attached hydrogens (tertiary/aromatic N) is 1. The molecule has 23 heavy (non-hydrogen) atoms. The van der Waals surface area contributed by atoms with Crippen molar-refractivity contribution in [2.75, 3.05) is 0 Å². The minimum absolute atomic E-state index is 0.307. The summed E-state index contributed by atoms with van der Waals surface area (Å²) in [4.78, 5) is 21.1. The average Bonchev–Trinajstić information content (AvgIpc) is 2.53. The second kappa shape index (κ2) is 7.05. The van der Waals surface area contributed by atoms with Gasteiger partial charge in [-0.25, -0.2) is 8.42 Å². The third kappa shape index (κ3) is 4.05. The number of nitro groups is 1. The number of hydrogen-bond acceptors (Lipinski definition) is 5. The molecule has 8 nitrogen and oxygen atoms in total. The molecule has 1 aliphatic carbocycles. The van der Waals surface area contributed by atoms with Crippen LogP contribution in [0.4, 0.5) is 5.69 Å². The first-order valence-electron chi connectivity index (χ1n) is 7.31. The smallest absolute Gasteiger partial charge is 0.322 e. The standard InChI is InChI=1S/C14H18N2O6S/c17-14(18)13(10-6-2-1-3-7-10)15-23(21,22)12-9-5-4-8-11(12)16(19)20/h4-5,8-10,13,15H,1-3,6-7H2,(H,17,18)/t13-/m0/s1. The number of carboxylic acids is 1. The van der Waals surface area contributed by atoms with Crippen molar-refractivity contribution in [2.24, 2.45) is 5.92 Å². The summed E-state index contributed by atoms with van der Waals surface area (Å²) < 4.78 is 27.0. The normalized spacial score (nSPS) is 17.6. The van der Waals surface area contributed by atoms with Gasteiger partial charge in [0.15, 0.2) is 4.90 Å². The molecule has 0 bridgehead atoms. The Morgan fingerprint density at radius 2 is 1.87 bits per heavy atom. The van der Waals surface area contributed by atoms with Gasteiger partial charge in [0.25, 0.3) is 5.69 Å².